The van der Waals surface area contributed by atoms with Crippen molar-refractivity contribution in [3.8, 4) is 0 Å². The summed E-state index contributed by atoms with van der Waals surface area (Å²) in [6, 6.07) is 10.4. The van der Waals surface area contributed by atoms with Crippen molar-refractivity contribution in [1.82, 2.24) is 4.90 Å². The number of alkyl halides is 3. The van der Waals surface area contributed by atoms with Crippen molar-refractivity contribution in [2.45, 2.75) is 6.18 Å². The summed E-state index contributed by atoms with van der Waals surface area (Å²) in [6.07, 6.45) is -2.09. The molecule has 1 saturated heterocycles. The number of nitrogens with zero attached hydrogens (tertiary/aromatic N) is 3. The van der Waals surface area contributed by atoms with Crippen LogP contribution in [0.25, 0.3) is 6.08 Å². The summed E-state index contributed by atoms with van der Waals surface area (Å²) in [6.45, 7) is 1.38. The summed E-state index contributed by atoms with van der Waals surface area (Å²) in [5.74, 6) is -1.15. The summed E-state index contributed by atoms with van der Waals surface area (Å²) in [5.41, 5.74) is 0.407. The molecule has 11 heteroatoms. The van der Waals surface area contributed by atoms with Crippen molar-refractivity contribution in [1.29, 1.82) is 0 Å². The molecule has 0 atom stereocenters. The van der Waals surface area contributed by atoms with Gasteiger partial charge in [-0.1, -0.05) is 12.1 Å². The minimum absolute atomic E-state index is 0.00162. The van der Waals surface area contributed by atoms with Gasteiger partial charge < -0.3 is 14.5 Å². The van der Waals surface area contributed by atoms with E-state index in [4.69, 9.17) is 4.74 Å². The fraction of sp³-hybridized carbons (Fsp3) is 0.273. The number of hydrogen-bond donors (Lipinski definition) is 0. The maximum atomic E-state index is 12.6. The number of nitro groups is 1. The SMILES string of the molecule is O=C(/C=C/c1ccc(C(F)(F)F)cc1)OCC(=O)N1CCN(c2ccc([N+](=O)[O-])cc2)CC1. The minimum Gasteiger partial charge on any atom is -0.452 e. The number of nitro benzene ring substituents is 1. The van der Waals surface area contributed by atoms with E-state index in [9.17, 15) is 32.9 Å². The van der Waals surface area contributed by atoms with Gasteiger partial charge in [-0.15, -0.1) is 0 Å². The van der Waals surface area contributed by atoms with Crippen molar-refractivity contribution in [3.63, 3.8) is 0 Å². The maximum absolute atomic E-state index is 12.6. The number of esters is 1. The molecule has 2 aromatic carbocycles. The van der Waals surface area contributed by atoms with E-state index in [2.05, 4.69) is 0 Å². The first-order valence-corrected chi connectivity index (χ1v) is 9.93. The highest BCUT2D eigenvalue weighted by atomic mass is 19.4. The zero-order valence-electron chi connectivity index (χ0n) is 17.3. The average Bonchev–Trinajstić information content (AvgIpc) is 2.81. The van der Waals surface area contributed by atoms with E-state index in [0.717, 1.165) is 23.9 Å². The molecule has 0 saturated carbocycles. The molecule has 1 fully saturated rings. The summed E-state index contributed by atoms with van der Waals surface area (Å²) in [7, 11) is 0. The molecule has 0 aliphatic carbocycles. The second kappa shape index (κ2) is 10.2. The largest absolute Gasteiger partial charge is 0.452 e. The lowest BCUT2D eigenvalue weighted by molar-refractivity contribution is -0.384. The Balaban J connectivity index is 1.43. The molecule has 1 aliphatic heterocycles. The minimum atomic E-state index is -4.44. The lowest BCUT2D eigenvalue weighted by Crippen LogP contribution is -2.49. The molecule has 2 aromatic rings. The molecule has 1 aliphatic rings. The smallest absolute Gasteiger partial charge is 0.416 e. The number of anilines is 1. The third-order valence-electron chi connectivity index (χ3n) is 5.05. The maximum Gasteiger partial charge on any atom is 0.416 e. The molecule has 0 bridgehead atoms. The predicted octanol–water partition coefficient (Wildman–Crippen LogP) is 3.52. The zero-order chi connectivity index (χ0) is 24.0. The summed E-state index contributed by atoms with van der Waals surface area (Å²) in [4.78, 5) is 37.9. The van der Waals surface area contributed by atoms with Gasteiger partial charge in [0.25, 0.3) is 11.6 Å². The molecule has 33 heavy (non-hydrogen) atoms. The van der Waals surface area contributed by atoms with E-state index in [1.807, 2.05) is 4.90 Å². The monoisotopic (exact) mass is 463 g/mol. The Morgan fingerprint density at radius 2 is 1.61 bits per heavy atom. The highest BCUT2D eigenvalue weighted by molar-refractivity contribution is 5.89. The number of rotatable bonds is 6. The van der Waals surface area contributed by atoms with E-state index in [-0.39, 0.29) is 11.6 Å². The van der Waals surface area contributed by atoms with Gasteiger partial charge in [-0.3, -0.25) is 14.9 Å². The Morgan fingerprint density at radius 1 is 1.00 bits per heavy atom. The van der Waals surface area contributed by atoms with Gasteiger partial charge in [0, 0.05) is 50.1 Å². The predicted molar refractivity (Wildman–Crippen MR) is 113 cm³/mol. The molecule has 1 heterocycles. The van der Waals surface area contributed by atoms with Crippen molar-refractivity contribution in [3.05, 3.63) is 75.8 Å². The Morgan fingerprint density at radius 3 is 2.15 bits per heavy atom. The molecule has 0 unspecified atom stereocenters. The molecule has 0 aromatic heterocycles. The Bertz CT molecular complexity index is 1030. The van der Waals surface area contributed by atoms with Crippen LogP contribution in [0.4, 0.5) is 24.5 Å². The molecule has 0 radical (unpaired) electrons. The number of ether oxygens (including phenoxy) is 1. The van der Waals surface area contributed by atoms with Crippen LogP contribution in [-0.4, -0.2) is 54.5 Å². The van der Waals surface area contributed by atoms with Crippen molar-refractivity contribution in [2.75, 3.05) is 37.7 Å². The molecule has 3 rings (SSSR count). The van der Waals surface area contributed by atoms with E-state index in [1.165, 1.54) is 30.3 Å². The number of piperazine rings is 1. The first kappa shape index (κ1) is 23.8. The number of halogens is 3. The lowest BCUT2D eigenvalue weighted by atomic mass is 10.1. The van der Waals surface area contributed by atoms with E-state index < -0.39 is 29.2 Å². The topological polar surface area (TPSA) is 93.0 Å². The van der Waals surface area contributed by atoms with Crippen LogP contribution in [0.15, 0.2) is 54.6 Å². The number of carbonyl (C=O) groups excluding carboxylic acids is 2. The van der Waals surface area contributed by atoms with Crippen LogP contribution in [0.3, 0.4) is 0 Å². The highest BCUT2D eigenvalue weighted by Gasteiger charge is 2.29. The van der Waals surface area contributed by atoms with Crippen molar-refractivity contribution >= 4 is 29.3 Å². The van der Waals surface area contributed by atoms with Crippen LogP contribution in [0.2, 0.25) is 0 Å². The van der Waals surface area contributed by atoms with Gasteiger partial charge in [0.1, 0.15) is 0 Å². The van der Waals surface area contributed by atoms with Gasteiger partial charge in [0.15, 0.2) is 6.61 Å². The van der Waals surface area contributed by atoms with Crippen LogP contribution in [0.5, 0.6) is 0 Å². The second-order valence-electron chi connectivity index (χ2n) is 7.20. The summed E-state index contributed by atoms with van der Waals surface area (Å²) in [5, 5.41) is 10.7. The molecule has 174 valence electrons. The standard InChI is InChI=1S/C22H20F3N3O5/c23-22(24,25)17-4-1-16(2-5-17)3-10-21(30)33-15-20(29)27-13-11-26(12-14-27)18-6-8-19(9-7-18)28(31)32/h1-10H,11-15H2/b10-3+. The molecule has 0 N–H and O–H groups in total. The molecular weight excluding hydrogens is 443 g/mol. The second-order valence-corrected chi connectivity index (χ2v) is 7.20. The highest BCUT2D eigenvalue weighted by Crippen LogP contribution is 2.29. The molecule has 0 spiro atoms. The number of benzene rings is 2. The Labute approximate surface area is 187 Å². The van der Waals surface area contributed by atoms with Gasteiger partial charge in [0.2, 0.25) is 0 Å². The van der Waals surface area contributed by atoms with Gasteiger partial charge in [-0.2, -0.15) is 13.2 Å². The van der Waals surface area contributed by atoms with E-state index >= 15 is 0 Å². The third kappa shape index (κ3) is 6.55. The Hall–Kier alpha value is -3.89. The van der Waals surface area contributed by atoms with Crippen LogP contribution in [0, 0.1) is 10.1 Å². The number of hydrogen-bond acceptors (Lipinski definition) is 6. The van der Waals surface area contributed by atoms with Crippen LogP contribution in [-0.2, 0) is 20.5 Å². The van der Waals surface area contributed by atoms with Crippen LogP contribution >= 0.6 is 0 Å². The fourth-order valence-electron chi connectivity index (χ4n) is 3.22. The van der Waals surface area contributed by atoms with Gasteiger partial charge >= 0.3 is 12.1 Å². The normalized spacial score (nSPS) is 14.4. The quantitative estimate of drug-likeness (QED) is 0.282. The van der Waals surface area contributed by atoms with Crippen molar-refractivity contribution < 1.29 is 32.4 Å². The van der Waals surface area contributed by atoms with E-state index in [0.29, 0.717) is 31.7 Å². The fourth-order valence-corrected chi connectivity index (χ4v) is 3.22. The average molecular weight is 463 g/mol. The summed E-state index contributed by atoms with van der Waals surface area (Å²) < 4.78 is 42.6. The molecule has 8 nitrogen and oxygen atoms in total. The van der Waals surface area contributed by atoms with Crippen molar-refractivity contribution in [2.24, 2.45) is 0 Å². The summed E-state index contributed by atoms with van der Waals surface area (Å²) >= 11 is 0. The Kier molecular flexibility index (Phi) is 7.31. The van der Waals surface area contributed by atoms with Gasteiger partial charge in [0.05, 0.1) is 10.5 Å². The number of carbonyl (C=O) groups is 2. The lowest BCUT2D eigenvalue weighted by Gasteiger charge is -2.36. The molecule has 1 amide bonds. The van der Waals surface area contributed by atoms with Gasteiger partial charge in [-0.05, 0) is 35.9 Å². The zero-order valence-corrected chi connectivity index (χ0v) is 17.3. The van der Waals surface area contributed by atoms with Crippen LogP contribution < -0.4 is 4.90 Å². The number of non-ortho nitro benzene ring substituents is 1. The van der Waals surface area contributed by atoms with Crippen LogP contribution in [0.1, 0.15) is 11.1 Å². The first-order chi connectivity index (χ1) is 15.6. The van der Waals surface area contributed by atoms with Gasteiger partial charge in [-0.25, -0.2) is 4.79 Å². The molecular formula is C22H20F3N3O5. The number of amides is 1. The van der Waals surface area contributed by atoms with E-state index in [1.54, 1.807) is 17.0 Å². The first-order valence-electron chi connectivity index (χ1n) is 9.93. The third-order valence-corrected chi connectivity index (χ3v) is 5.05.